The Morgan fingerprint density at radius 2 is 1.69 bits per heavy atom. The molecule has 0 saturated carbocycles. The second kappa shape index (κ2) is 7.74. The fraction of sp³-hybridized carbons (Fsp3) is 0.0435. The Bertz CT molecular complexity index is 1240. The largest absolute Gasteiger partial charge is 0.318 e. The van der Waals surface area contributed by atoms with Gasteiger partial charge >= 0.3 is 0 Å². The number of pyridine rings is 1. The van der Waals surface area contributed by atoms with Crippen molar-refractivity contribution in [1.29, 1.82) is 0 Å². The summed E-state index contributed by atoms with van der Waals surface area (Å²) >= 11 is 12.1. The summed E-state index contributed by atoms with van der Waals surface area (Å²) in [5.41, 5.74) is 4.05. The molecule has 0 spiro atoms. The molecule has 29 heavy (non-hydrogen) atoms. The Kier molecular flexibility index (Phi) is 5.14. The number of anilines is 1. The highest BCUT2D eigenvalue weighted by molar-refractivity contribution is 6.49. The van der Waals surface area contributed by atoms with Gasteiger partial charge in [-0.3, -0.25) is 9.59 Å². The Morgan fingerprint density at radius 3 is 2.45 bits per heavy atom. The number of ketones is 1. The lowest BCUT2D eigenvalue weighted by Gasteiger charge is -2.09. The number of aryl methyl sites for hydroxylation is 1. The molecular weight excluding hydrogens is 407 g/mol. The SMILES string of the molecule is Cc1ccc(-c2cc3ccccn3c2C(=O)C(=O)Nc2cccc(Cl)c2Cl)cc1. The summed E-state index contributed by atoms with van der Waals surface area (Å²) in [7, 11) is 0. The predicted molar refractivity (Wildman–Crippen MR) is 117 cm³/mol. The van der Waals surface area contributed by atoms with Crippen LogP contribution in [-0.4, -0.2) is 16.1 Å². The smallest absolute Gasteiger partial charge is 0.298 e. The average Bonchev–Trinajstić information content (AvgIpc) is 3.10. The van der Waals surface area contributed by atoms with Crippen LogP contribution in [-0.2, 0) is 4.79 Å². The summed E-state index contributed by atoms with van der Waals surface area (Å²) in [5.74, 6) is -1.45. The molecule has 0 bridgehead atoms. The van der Waals surface area contributed by atoms with E-state index in [9.17, 15) is 9.59 Å². The number of nitrogens with one attached hydrogen (secondary N) is 1. The highest BCUT2D eigenvalue weighted by atomic mass is 35.5. The van der Waals surface area contributed by atoms with Gasteiger partial charge in [0.2, 0.25) is 0 Å². The van der Waals surface area contributed by atoms with E-state index in [1.807, 2.05) is 55.5 Å². The third-order valence-corrected chi connectivity index (χ3v) is 5.48. The fourth-order valence-electron chi connectivity index (χ4n) is 3.20. The van der Waals surface area contributed by atoms with Gasteiger partial charge in [0.05, 0.1) is 15.7 Å². The number of benzene rings is 2. The molecule has 1 N–H and O–H groups in total. The fourth-order valence-corrected chi connectivity index (χ4v) is 3.54. The molecule has 2 heterocycles. The van der Waals surface area contributed by atoms with Crippen molar-refractivity contribution >= 4 is 46.1 Å². The number of Topliss-reactive ketones (excluding diaryl/α,β-unsaturated/α-hetero) is 1. The maximum Gasteiger partial charge on any atom is 0.298 e. The third kappa shape index (κ3) is 3.65. The van der Waals surface area contributed by atoms with Crippen LogP contribution in [0.4, 0.5) is 5.69 Å². The van der Waals surface area contributed by atoms with Crippen molar-refractivity contribution < 1.29 is 9.59 Å². The quantitative estimate of drug-likeness (QED) is 0.321. The van der Waals surface area contributed by atoms with Crippen molar-refractivity contribution in [2.75, 3.05) is 5.32 Å². The zero-order chi connectivity index (χ0) is 20.5. The summed E-state index contributed by atoms with van der Waals surface area (Å²) in [6.07, 6.45) is 1.76. The van der Waals surface area contributed by atoms with Gasteiger partial charge in [-0.25, -0.2) is 0 Å². The lowest BCUT2D eigenvalue weighted by molar-refractivity contribution is -0.112. The summed E-state index contributed by atoms with van der Waals surface area (Å²) in [6.45, 7) is 1.99. The number of carbonyl (C=O) groups is 2. The minimum absolute atomic E-state index is 0.189. The number of halogens is 2. The molecule has 1 amide bonds. The normalized spacial score (nSPS) is 10.9. The van der Waals surface area contributed by atoms with Gasteiger partial charge in [-0.15, -0.1) is 0 Å². The Labute approximate surface area is 177 Å². The average molecular weight is 423 g/mol. The highest BCUT2D eigenvalue weighted by Crippen LogP contribution is 2.31. The topological polar surface area (TPSA) is 50.6 Å². The monoisotopic (exact) mass is 422 g/mol. The standard InChI is InChI=1S/C23H16Cl2N2O2/c1-14-8-10-15(11-9-14)17-13-16-5-2-3-12-27(16)21(17)22(28)23(29)26-19-7-4-6-18(24)20(19)25/h2-13H,1H3,(H,26,29). The van der Waals surface area contributed by atoms with E-state index in [-0.39, 0.29) is 10.7 Å². The molecule has 0 unspecified atom stereocenters. The molecule has 2 aromatic carbocycles. The van der Waals surface area contributed by atoms with Crippen molar-refractivity contribution in [1.82, 2.24) is 4.40 Å². The minimum atomic E-state index is -0.786. The van der Waals surface area contributed by atoms with Crippen LogP contribution in [0.5, 0.6) is 0 Å². The van der Waals surface area contributed by atoms with Crippen molar-refractivity contribution in [3.05, 3.63) is 94.2 Å². The summed E-state index contributed by atoms with van der Waals surface area (Å²) in [4.78, 5) is 26.0. The first-order valence-corrected chi connectivity index (χ1v) is 9.68. The number of fused-ring (bicyclic) bond motifs is 1. The number of carbonyl (C=O) groups excluding carboxylic acids is 2. The molecule has 2 aromatic heterocycles. The maximum absolute atomic E-state index is 13.2. The Hall–Kier alpha value is -3.08. The second-order valence-corrected chi connectivity index (χ2v) is 7.44. The van der Waals surface area contributed by atoms with Crippen LogP contribution in [0, 0.1) is 6.92 Å². The Morgan fingerprint density at radius 1 is 0.931 bits per heavy atom. The van der Waals surface area contributed by atoms with E-state index in [1.165, 1.54) is 0 Å². The van der Waals surface area contributed by atoms with Crippen LogP contribution in [0.3, 0.4) is 0 Å². The maximum atomic E-state index is 13.2. The molecule has 144 valence electrons. The second-order valence-electron chi connectivity index (χ2n) is 6.65. The van der Waals surface area contributed by atoms with Crippen LogP contribution in [0.25, 0.3) is 16.6 Å². The van der Waals surface area contributed by atoms with Gasteiger partial charge in [-0.2, -0.15) is 0 Å². The van der Waals surface area contributed by atoms with Gasteiger partial charge < -0.3 is 9.72 Å². The summed E-state index contributed by atoms with van der Waals surface area (Å²) in [6, 6.07) is 20.2. The molecule has 6 heteroatoms. The van der Waals surface area contributed by atoms with Crippen molar-refractivity contribution in [3.8, 4) is 11.1 Å². The molecule has 0 fully saturated rings. The summed E-state index contributed by atoms with van der Waals surface area (Å²) < 4.78 is 1.72. The first kappa shape index (κ1) is 19.2. The molecule has 0 atom stereocenters. The van der Waals surface area contributed by atoms with Gasteiger partial charge in [0.1, 0.15) is 5.69 Å². The van der Waals surface area contributed by atoms with Crippen LogP contribution < -0.4 is 5.32 Å². The van der Waals surface area contributed by atoms with E-state index < -0.39 is 11.7 Å². The van der Waals surface area contributed by atoms with E-state index in [2.05, 4.69) is 5.32 Å². The molecule has 4 nitrogen and oxygen atoms in total. The molecule has 0 aliphatic carbocycles. The van der Waals surface area contributed by atoms with E-state index in [0.29, 0.717) is 16.3 Å². The van der Waals surface area contributed by atoms with Crippen LogP contribution >= 0.6 is 23.2 Å². The lowest BCUT2D eigenvalue weighted by Crippen LogP contribution is -2.24. The van der Waals surface area contributed by atoms with Crippen molar-refractivity contribution in [3.63, 3.8) is 0 Å². The van der Waals surface area contributed by atoms with Crippen LogP contribution in [0.15, 0.2) is 72.9 Å². The van der Waals surface area contributed by atoms with E-state index in [0.717, 1.165) is 16.6 Å². The van der Waals surface area contributed by atoms with Crippen molar-refractivity contribution in [2.24, 2.45) is 0 Å². The van der Waals surface area contributed by atoms with Gasteiger partial charge in [0.15, 0.2) is 0 Å². The molecule has 0 aliphatic heterocycles. The molecule has 0 aliphatic rings. The molecular formula is C23H16Cl2N2O2. The zero-order valence-corrected chi connectivity index (χ0v) is 17.0. The van der Waals surface area contributed by atoms with E-state index >= 15 is 0 Å². The number of hydrogen-bond acceptors (Lipinski definition) is 2. The highest BCUT2D eigenvalue weighted by Gasteiger charge is 2.25. The van der Waals surface area contributed by atoms with Gasteiger partial charge in [-0.1, -0.05) is 65.2 Å². The first-order chi connectivity index (χ1) is 14.0. The van der Waals surface area contributed by atoms with E-state index in [1.54, 1.807) is 28.8 Å². The van der Waals surface area contributed by atoms with Crippen LogP contribution in [0.2, 0.25) is 10.0 Å². The lowest BCUT2D eigenvalue weighted by atomic mass is 10.0. The third-order valence-electron chi connectivity index (χ3n) is 4.66. The molecule has 4 aromatic rings. The van der Waals surface area contributed by atoms with Gasteiger partial charge in [0.25, 0.3) is 11.7 Å². The molecule has 0 radical (unpaired) electrons. The Balaban J connectivity index is 1.78. The van der Waals surface area contributed by atoms with Gasteiger partial charge in [-0.05, 0) is 42.8 Å². The zero-order valence-electron chi connectivity index (χ0n) is 15.4. The molecule has 4 rings (SSSR count). The van der Waals surface area contributed by atoms with Crippen LogP contribution in [0.1, 0.15) is 16.1 Å². The number of rotatable bonds is 4. The minimum Gasteiger partial charge on any atom is -0.318 e. The number of nitrogens with zero attached hydrogens (tertiary/aromatic N) is 1. The first-order valence-electron chi connectivity index (χ1n) is 8.92. The van der Waals surface area contributed by atoms with Crippen molar-refractivity contribution in [2.45, 2.75) is 6.92 Å². The number of hydrogen-bond donors (Lipinski definition) is 1. The van der Waals surface area contributed by atoms with Gasteiger partial charge in [0, 0.05) is 17.3 Å². The molecule has 0 saturated heterocycles. The summed E-state index contributed by atoms with van der Waals surface area (Å²) in [5, 5.41) is 3.06. The van der Waals surface area contributed by atoms with E-state index in [4.69, 9.17) is 23.2 Å². The number of amides is 1. The number of aromatic nitrogens is 1. The predicted octanol–water partition coefficient (Wildman–Crippen LogP) is 6.04.